The second-order valence-corrected chi connectivity index (χ2v) is 4.13. The van der Waals surface area contributed by atoms with Crippen molar-refractivity contribution in [1.82, 2.24) is 4.98 Å². The Balaban J connectivity index is 2.08. The molecule has 0 atom stereocenters. The maximum absolute atomic E-state index is 11.8. The molecule has 0 aliphatic heterocycles. The number of benzene rings is 1. The second kappa shape index (κ2) is 5.51. The fraction of sp³-hybridized carbons (Fsp3) is 0.0769. The molecule has 2 amide bonds. The molecule has 2 N–H and O–H groups in total. The van der Waals surface area contributed by atoms with E-state index in [9.17, 15) is 4.79 Å². The number of pyridine rings is 1. The first-order valence-corrected chi connectivity index (χ1v) is 5.79. The summed E-state index contributed by atoms with van der Waals surface area (Å²) >= 11 is 6.02. The summed E-state index contributed by atoms with van der Waals surface area (Å²) in [5.74, 6) is 0.486. The molecule has 0 aliphatic carbocycles. The number of hydrogen-bond donors (Lipinski definition) is 2. The second-order valence-electron chi connectivity index (χ2n) is 3.73. The largest absolute Gasteiger partial charge is 0.324 e. The van der Waals surface area contributed by atoms with Crippen molar-refractivity contribution in [2.75, 3.05) is 10.6 Å². The Labute approximate surface area is 110 Å². The number of nitrogens with zero attached hydrogens (tertiary/aromatic N) is 1. The normalized spacial score (nSPS) is 9.89. The van der Waals surface area contributed by atoms with E-state index in [0.717, 1.165) is 5.56 Å². The van der Waals surface area contributed by atoms with E-state index in [-0.39, 0.29) is 6.03 Å². The molecule has 18 heavy (non-hydrogen) atoms. The maximum atomic E-state index is 11.8. The van der Waals surface area contributed by atoms with Crippen LogP contribution in [-0.2, 0) is 0 Å². The van der Waals surface area contributed by atoms with Gasteiger partial charge in [-0.1, -0.05) is 29.8 Å². The number of aryl methyl sites for hydroxylation is 1. The van der Waals surface area contributed by atoms with Gasteiger partial charge >= 0.3 is 6.03 Å². The number of para-hydroxylation sites is 1. The van der Waals surface area contributed by atoms with Gasteiger partial charge in [-0.3, -0.25) is 5.32 Å². The van der Waals surface area contributed by atoms with Crippen LogP contribution in [0.25, 0.3) is 0 Å². The van der Waals surface area contributed by atoms with Crippen LogP contribution in [0.4, 0.5) is 16.3 Å². The number of anilines is 2. The van der Waals surface area contributed by atoms with E-state index in [0.29, 0.717) is 16.5 Å². The van der Waals surface area contributed by atoms with E-state index in [1.165, 1.54) is 0 Å². The minimum atomic E-state index is -0.370. The lowest BCUT2D eigenvalue weighted by atomic mass is 10.2. The fourth-order valence-electron chi connectivity index (χ4n) is 1.49. The van der Waals surface area contributed by atoms with Crippen molar-refractivity contribution < 1.29 is 4.79 Å². The Bertz CT molecular complexity index is 537. The molecule has 0 bridgehead atoms. The summed E-state index contributed by atoms with van der Waals surface area (Å²) in [7, 11) is 0. The minimum Gasteiger partial charge on any atom is -0.306 e. The van der Waals surface area contributed by atoms with E-state index in [2.05, 4.69) is 15.6 Å². The van der Waals surface area contributed by atoms with Crippen molar-refractivity contribution in [3.63, 3.8) is 0 Å². The number of hydrogen-bond acceptors (Lipinski definition) is 2. The van der Waals surface area contributed by atoms with Crippen LogP contribution in [0.3, 0.4) is 0 Å². The Morgan fingerprint density at radius 3 is 2.67 bits per heavy atom. The Kier molecular flexibility index (Phi) is 3.79. The summed E-state index contributed by atoms with van der Waals surface area (Å²) in [4.78, 5) is 15.8. The number of nitrogens with one attached hydrogen (secondary N) is 2. The van der Waals surface area contributed by atoms with E-state index < -0.39 is 0 Å². The molecule has 2 aromatic rings. The Hall–Kier alpha value is -2.07. The first-order chi connectivity index (χ1) is 8.66. The molecular weight excluding hydrogens is 250 g/mol. The van der Waals surface area contributed by atoms with Gasteiger partial charge in [-0.15, -0.1) is 0 Å². The topological polar surface area (TPSA) is 54.0 Å². The van der Waals surface area contributed by atoms with Crippen molar-refractivity contribution in [3.05, 3.63) is 53.2 Å². The van der Waals surface area contributed by atoms with Crippen molar-refractivity contribution >= 4 is 29.1 Å². The van der Waals surface area contributed by atoms with Gasteiger partial charge in [-0.25, -0.2) is 9.78 Å². The van der Waals surface area contributed by atoms with Crippen LogP contribution in [0.1, 0.15) is 5.56 Å². The number of amides is 2. The van der Waals surface area contributed by atoms with Crippen molar-refractivity contribution in [2.45, 2.75) is 6.92 Å². The molecule has 1 aromatic carbocycles. The number of rotatable bonds is 2. The van der Waals surface area contributed by atoms with Crippen molar-refractivity contribution in [2.24, 2.45) is 0 Å². The van der Waals surface area contributed by atoms with E-state index in [4.69, 9.17) is 11.6 Å². The fourth-order valence-corrected chi connectivity index (χ4v) is 1.76. The van der Waals surface area contributed by atoms with Crippen LogP contribution < -0.4 is 10.6 Å². The smallest absolute Gasteiger partial charge is 0.306 e. The highest BCUT2D eigenvalue weighted by Crippen LogP contribution is 2.25. The van der Waals surface area contributed by atoms with Crippen LogP contribution in [-0.4, -0.2) is 11.0 Å². The summed E-state index contributed by atoms with van der Waals surface area (Å²) in [5, 5.41) is 5.84. The van der Waals surface area contributed by atoms with Crippen LogP contribution in [0, 0.1) is 6.92 Å². The molecular formula is C13H12ClN3O. The highest BCUT2D eigenvalue weighted by Gasteiger charge is 2.08. The zero-order chi connectivity index (χ0) is 13.0. The molecule has 0 saturated carbocycles. The molecule has 92 valence electrons. The first-order valence-electron chi connectivity index (χ1n) is 5.41. The molecule has 0 aliphatic rings. The van der Waals surface area contributed by atoms with Gasteiger partial charge in [0.1, 0.15) is 5.82 Å². The number of urea groups is 1. The van der Waals surface area contributed by atoms with Crippen LogP contribution >= 0.6 is 11.6 Å². The van der Waals surface area contributed by atoms with Gasteiger partial charge in [-0.05, 0) is 30.7 Å². The molecule has 0 radical (unpaired) electrons. The highest BCUT2D eigenvalue weighted by molar-refractivity contribution is 6.34. The lowest BCUT2D eigenvalue weighted by molar-refractivity contribution is 0.262. The first kappa shape index (κ1) is 12.4. The standard InChI is InChI=1S/C13H12ClN3O/c1-9-5-4-6-10(14)12(9)17-13(18)16-11-7-2-3-8-15-11/h2-8H,1H3,(H2,15,16,17,18). The summed E-state index contributed by atoms with van der Waals surface area (Å²) in [5.41, 5.74) is 1.51. The average molecular weight is 262 g/mol. The average Bonchev–Trinajstić information content (AvgIpc) is 2.35. The Morgan fingerprint density at radius 2 is 2.00 bits per heavy atom. The van der Waals surface area contributed by atoms with Gasteiger partial charge in [0.2, 0.25) is 0 Å². The third-order valence-corrected chi connectivity index (χ3v) is 2.68. The van der Waals surface area contributed by atoms with Crippen molar-refractivity contribution in [3.8, 4) is 0 Å². The van der Waals surface area contributed by atoms with Crippen molar-refractivity contribution in [1.29, 1.82) is 0 Å². The summed E-state index contributed by atoms with van der Waals surface area (Å²) in [6.07, 6.45) is 1.61. The van der Waals surface area contributed by atoms with Gasteiger partial charge in [-0.2, -0.15) is 0 Å². The van der Waals surface area contributed by atoms with Crippen LogP contribution in [0.2, 0.25) is 5.02 Å². The summed E-state index contributed by atoms with van der Waals surface area (Å²) in [6.45, 7) is 1.88. The van der Waals surface area contributed by atoms with E-state index >= 15 is 0 Å². The molecule has 4 nitrogen and oxygen atoms in total. The van der Waals surface area contributed by atoms with Gasteiger partial charge in [0.15, 0.2) is 0 Å². The number of halogens is 1. The van der Waals surface area contributed by atoms with E-state index in [1.54, 1.807) is 30.5 Å². The predicted octanol–water partition coefficient (Wildman–Crippen LogP) is 3.69. The molecule has 5 heteroatoms. The predicted molar refractivity (Wildman–Crippen MR) is 73.1 cm³/mol. The zero-order valence-electron chi connectivity index (χ0n) is 9.77. The minimum absolute atomic E-state index is 0.370. The number of aromatic nitrogens is 1. The highest BCUT2D eigenvalue weighted by atomic mass is 35.5. The number of carbonyl (C=O) groups is 1. The maximum Gasteiger partial charge on any atom is 0.324 e. The van der Waals surface area contributed by atoms with Gasteiger partial charge < -0.3 is 5.32 Å². The molecule has 1 heterocycles. The zero-order valence-corrected chi connectivity index (χ0v) is 10.5. The van der Waals surface area contributed by atoms with Gasteiger partial charge in [0, 0.05) is 6.20 Å². The molecule has 2 rings (SSSR count). The molecule has 0 spiro atoms. The van der Waals surface area contributed by atoms with Crippen LogP contribution in [0.15, 0.2) is 42.6 Å². The summed E-state index contributed by atoms with van der Waals surface area (Å²) in [6, 6.07) is 10.3. The molecule has 0 unspecified atom stereocenters. The van der Waals surface area contributed by atoms with Gasteiger partial charge in [0.05, 0.1) is 10.7 Å². The Morgan fingerprint density at radius 1 is 1.17 bits per heavy atom. The third-order valence-electron chi connectivity index (χ3n) is 2.37. The SMILES string of the molecule is Cc1cccc(Cl)c1NC(=O)Nc1ccccn1. The quantitative estimate of drug-likeness (QED) is 0.866. The molecule has 1 aromatic heterocycles. The summed E-state index contributed by atoms with van der Waals surface area (Å²) < 4.78 is 0. The lowest BCUT2D eigenvalue weighted by Crippen LogP contribution is -2.20. The van der Waals surface area contributed by atoms with E-state index in [1.807, 2.05) is 19.1 Å². The molecule has 0 fully saturated rings. The lowest BCUT2D eigenvalue weighted by Gasteiger charge is -2.10. The third kappa shape index (κ3) is 2.99. The number of carbonyl (C=O) groups excluding carboxylic acids is 1. The molecule has 0 saturated heterocycles. The van der Waals surface area contributed by atoms with Gasteiger partial charge in [0.25, 0.3) is 0 Å². The van der Waals surface area contributed by atoms with Crippen LogP contribution in [0.5, 0.6) is 0 Å². The monoisotopic (exact) mass is 261 g/mol.